The number of carbonyl (C=O) groups is 4. The van der Waals surface area contributed by atoms with Gasteiger partial charge in [0.15, 0.2) is 23.0 Å². The fraction of sp³-hybridized carbons (Fsp3) is 0. The first-order chi connectivity index (χ1) is 10.9. The number of aliphatic hydroxyl groups is 4. The summed E-state index contributed by atoms with van der Waals surface area (Å²) in [4.78, 5) is 43.7. The van der Waals surface area contributed by atoms with E-state index in [9.17, 15) is 19.2 Å². The van der Waals surface area contributed by atoms with E-state index >= 15 is 0 Å². The van der Waals surface area contributed by atoms with Crippen LogP contribution in [-0.4, -0.2) is 193 Å². The average molecular weight is 875 g/mol. The second-order valence-electron chi connectivity index (χ2n) is 3.97. The minimum absolute atomic E-state index is 0. The number of allylic oxidation sites excluding steroid dienone is 4. The maximum Gasteiger partial charge on any atom is 0.245 e. The van der Waals surface area contributed by atoms with E-state index in [1.165, 1.54) is 0 Å². The molecule has 0 bridgehead atoms. The Hall–Kier alpha value is 2.13. The Morgan fingerprint density at radius 2 is 0.531 bits per heavy atom. The van der Waals surface area contributed by atoms with Crippen molar-refractivity contribution in [2.45, 2.75) is 0 Å². The van der Waals surface area contributed by atoms with Gasteiger partial charge in [-0.25, -0.2) is 0 Å². The molecular weight excluding hydrogens is 859 g/mol. The van der Waals surface area contributed by atoms with Crippen molar-refractivity contribution in [3.8, 4) is 0 Å². The molecular formula is C12H16Br4O14Rb2. The van der Waals surface area contributed by atoms with Crippen molar-refractivity contribution in [3.63, 3.8) is 0 Å². The second kappa shape index (κ2) is 23.5. The van der Waals surface area contributed by atoms with E-state index in [1.807, 2.05) is 0 Å². The molecule has 178 valence electrons. The van der Waals surface area contributed by atoms with Crippen LogP contribution in [0.4, 0.5) is 0 Å². The third kappa shape index (κ3) is 12.4. The molecule has 2 aliphatic carbocycles. The van der Waals surface area contributed by atoms with Crippen molar-refractivity contribution >= 4 is 203 Å². The van der Waals surface area contributed by atoms with E-state index < -0.39 is 46.2 Å². The number of Topliss-reactive ketones (excluding diaryl/α,β-unsaturated/α-hetero) is 4. The van der Waals surface area contributed by atoms with Gasteiger partial charge in [-0.15, -0.1) is 0 Å². The van der Waals surface area contributed by atoms with E-state index in [2.05, 4.69) is 63.7 Å². The van der Waals surface area contributed by atoms with Crippen molar-refractivity contribution < 1.29 is 72.5 Å². The van der Waals surface area contributed by atoms with Gasteiger partial charge in [0.05, 0.1) is 0 Å². The minimum Gasteiger partial charge on any atom is -0.503 e. The van der Waals surface area contributed by atoms with E-state index in [4.69, 9.17) is 20.4 Å². The molecule has 20 heteroatoms. The third-order valence-electron chi connectivity index (χ3n) is 2.49. The first-order valence-electron chi connectivity index (χ1n) is 5.47. The number of carbonyl (C=O) groups excluding carboxylic acids is 4. The predicted octanol–water partition coefficient (Wildman–Crippen LogP) is -2.78. The largest absolute Gasteiger partial charge is 0.503 e. The molecule has 2 rings (SSSR count). The smallest absolute Gasteiger partial charge is 0.245 e. The van der Waals surface area contributed by atoms with Gasteiger partial charge in [-0.3, -0.25) is 19.2 Å². The summed E-state index contributed by atoms with van der Waals surface area (Å²) in [6.45, 7) is 0. The van der Waals surface area contributed by atoms with Crippen LogP contribution >= 0.6 is 63.7 Å². The molecule has 2 aliphatic rings. The van der Waals surface area contributed by atoms with Gasteiger partial charge in [0.2, 0.25) is 23.1 Å². The maximum atomic E-state index is 10.9. The summed E-state index contributed by atoms with van der Waals surface area (Å²) < 4.78 is -1.30. The quantitative estimate of drug-likeness (QED) is 0.112. The molecule has 14 nitrogen and oxygen atoms in total. The summed E-state index contributed by atoms with van der Waals surface area (Å²) in [6, 6.07) is 0. The zero-order valence-electron chi connectivity index (χ0n) is 15.9. The standard InChI is InChI=1S/2C6H2Br2O4.6H2O.2Rb/c2*7-1-3(9)5(11)2(8)6(12)4(1)10;;;;;;;;/h9,12H;9,11H;6*1H2;;. The van der Waals surface area contributed by atoms with Gasteiger partial charge in [0.25, 0.3) is 0 Å². The normalized spacial score (nSPS) is 14.4. The van der Waals surface area contributed by atoms with Gasteiger partial charge >= 0.3 is 0 Å². The summed E-state index contributed by atoms with van der Waals surface area (Å²) in [5.74, 6) is -6.10. The number of aliphatic hydroxyl groups excluding tert-OH is 4. The molecule has 2 radical (unpaired) electrons. The Balaban J connectivity index is -0.0000000480. The van der Waals surface area contributed by atoms with Crippen molar-refractivity contribution in [3.05, 3.63) is 41.0 Å². The maximum absolute atomic E-state index is 10.9. The van der Waals surface area contributed by atoms with Gasteiger partial charge in [-0.1, -0.05) is 0 Å². The Bertz CT molecular complexity index is 722. The molecule has 0 unspecified atom stereocenters. The van der Waals surface area contributed by atoms with E-state index in [-0.39, 0.29) is 167 Å². The molecule has 0 heterocycles. The fourth-order valence-corrected chi connectivity index (χ4v) is 2.72. The van der Waals surface area contributed by atoms with Gasteiger partial charge < -0.3 is 53.3 Å². The number of ketones is 4. The summed E-state index contributed by atoms with van der Waals surface area (Å²) in [5, 5.41) is 36.0. The van der Waals surface area contributed by atoms with Crippen molar-refractivity contribution in [1.82, 2.24) is 0 Å². The Labute approximate surface area is 310 Å². The Kier molecular flexibility index (Phi) is 40.3. The Morgan fingerprint density at radius 3 is 0.719 bits per heavy atom. The predicted molar refractivity (Wildman–Crippen MR) is 128 cm³/mol. The number of halogens is 4. The van der Waals surface area contributed by atoms with Gasteiger partial charge in [0, 0.05) is 116 Å². The number of hydrogen-bond acceptors (Lipinski definition) is 8. The molecule has 16 N–H and O–H groups in total. The second-order valence-corrected chi connectivity index (χ2v) is 7.14. The van der Waals surface area contributed by atoms with Crippen LogP contribution in [0.2, 0.25) is 0 Å². The molecule has 0 amide bonds. The average Bonchev–Trinajstić information content (AvgIpc) is 2.58. The van der Waals surface area contributed by atoms with Crippen LogP contribution in [0.1, 0.15) is 0 Å². The summed E-state index contributed by atoms with van der Waals surface area (Å²) in [6.07, 6.45) is 0. The van der Waals surface area contributed by atoms with Crippen molar-refractivity contribution in [2.24, 2.45) is 0 Å². The van der Waals surface area contributed by atoms with Crippen LogP contribution in [0, 0.1) is 0 Å². The van der Waals surface area contributed by atoms with Gasteiger partial charge in [0.1, 0.15) is 17.9 Å². The first kappa shape index (κ1) is 54.9. The molecule has 0 fully saturated rings. The summed E-state index contributed by atoms with van der Waals surface area (Å²) in [5.41, 5.74) is 0. The van der Waals surface area contributed by atoms with Crippen LogP contribution in [0.5, 0.6) is 0 Å². The zero-order valence-corrected chi connectivity index (χ0v) is 32.1. The minimum atomic E-state index is -0.892. The molecule has 0 saturated carbocycles. The van der Waals surface area contributed by atoms with Crippen molar-refractivity contribution in [1.29, 1.82) is 0 Å². The van der Waals surface area contributed by atoms with Crippen molar-refractivity contribution in [2.75, 3.05) is 0 Å². The third-order valence-corrected chi connectivity index (χ3v) is 5.43. The molecule has 0 atom stereocenters. The number of rotatable bonds is 0. The molecule has 0 aliphatic heterocycles. The molecule has 0 aromatic heterocycles. The molecule has 0 saturated heterocycles. The molecule has 32 heavy (non-hydrogen) atoms. The van der Waals surface area contributed by atoms with Crippen LogP contribution in [0.3, 0.4) is 0 Å². The summed E-state index contributed by atoms with van der Waals surface area (Å²) >= 11 is 10.7. The number of hydrogen-bond donors (Lipinski definition) is 4. The van der Waals surface area contributed by atoms with Crippen LogP contribution < -0.4 is 0 Å². The SMILES string of the molecule is O.O.O.O.O.O.O=C1C(=O)C(Br)=C(O)C(O)=C1Br.O=C1C(O)=C(Br)C(=O)C(O)=C1Br.[Rb].[Rb]. The van der Waals surface area contributed by atoms with Gasteiger partial charge in [-0.2, -0.15) is 0 Å². The fourth-order valence-electron chi connectivity index (χ4n) is 1.24. The monoisotopic (exact) mass is 870 g/mol. The van der Waals surface area contributed by atoms with E-state index in [1.54, 1.807) is 0 Å². The van der Waals surface area contributed by atoms with Crippen LogP contribution in [0.25, 0.3) is 0 Å². The van der Waals surface area contributed by atoms with Crippen LogP contribution in [0.15, 0.2) is 41.0 Å². The molecule has 0 aromatic carbocycles. The topological polar surface area (TPSA) is 338 Å². The summed E-state index contributed by atoms with van der Waals surface area (Å²) in [7, 11) is 0. The molecule has 0 spiro atoms. The zero-order chi connectivity index (χ0) is 18.9. The van der Waals surface area contributed by atoms with E-state index in [0.29, 0.717) is 0 Å². The van der Waals surface area contributed by atoms with Crippen LogP contribution in [-0.2, 0) is 19.2 Å². The van der Waals surface area contributed by atoms with Gasteiger partial charge in [-0.05, 0) is 63.7 Å². The first-order valence-corrected chi connectivity index (χ1v) is 8.64. The van der Waals surface area contributed by atoms with E-state index in [0.717, 1.165) is 0 Å². The molecule has 0 aromatic rings. The Morgan fingerprint density at radius 1 is 0.375 bits per heavy atom.